The molecule has 2 bridgehead atoms. The zero-order valence-corrected chi connectivity index (χ0v) is 11.9. The highest BCUT2D eigenvalue weighted by Gasteiger charge is 2.54. The van der Waals surface area contributed by atoms with Crippen LogP contribution < -0.4 is 5.43 Å². The summed E-state index contributed by atoms with van der Waals surface area (Å²) in [6.07, 6.45) is 2.90. The molecule has 2 saturated carbocycles. The topological polar surface area (TPSA) is 72.9 Å². The van der Waals surface area contributed by atoms with E-state index in [9.17, 15) is 14.7 Å². The number of aliphatic carboxylic acids is 1. The first kappa shape index (κ1) is 13.8. The van der Waals surface area contributed by atoms with E-state index in [1.165, 1.54) is 0 Å². The van der Waals surface area contributed by atoms with Crippen LogP contribution in [0.25, 0.3) is 0 Å². The van der Waals surface area contributed by atoms with Crippen LogP contribution in [0.15, 0.2) is 0 Å². The molecule has 0 spiro atoms. The number of carboxylic acid groups (broad SMARTS) is 1. The minimum atomic E-state index is -0.796. The molecule has 1 saturated heterocycles. The zero-order chi connectivity index (χ0) is 14.3. The summed E-state index contributed by atoms with van der Waals surface area (Å²) >= 11 is 0. The highest BCUT2D eigenvalue weighted by Crippen LogP contribution is 2.52. The predicted octanol–water partition coefficient (Wildman–Crippen LogP) is 0.0119. The van der Waals surface area contributed by atoms with Gasteiger partial charge in [0.2, 0.25) is 5.91 Å². The van der Waals surface area contributed by atoms with Gasteiger partial charge in [-0.25, -0.2) is 5.01 Å². The number of carbonyl (C=O) groups is 2. The fraction of sp³-hybridized carbons (Fsp3) is 0.857. The van der Waals surface area contributed by atoms with Crippen molar-refractivity contribution in [3.8, 4) is 0 Å². The Kier molecular flexibility index (Phi) is 3.69. The number of nitrogens with zero attached hydrogens (tertiary/aromatic N) is 2. The molecule has 2 aliphatic carbocycles. The number of carbonyl (C=O) groups excluding carboxylic acids is 1. The van der Waals surface area contributed by atoms with Crippen LogP contribution in [0.3, 0.4) is 0 Å². The third-order valence-electron chi connectivity index (χ3n) is 5.28. The molecule has 1 aliphatic heterocycles. The molecule has 3 aliphatic rings. The SMILES string of the molecule is CN1CCN(NC(=O)[C@H]2[C@H]3CC[C@@H](C3)[C@@H]2C(=O)O)CC1. The standard InChI is InChI=1S/C14H23N3O3/c1-16-4-6-17(7-5-16)15-13(18)11-9-2-3-10(8-9)12(11)14(19)20/h9-12H,2-8H2,1H3,(H,15,18)(H,19,20)/t9-,10-,11-,12-/m0/s1. The summed E-state index contributed by atoms with van der Waals surface area (Å²) in [6, 6.07) is 0. The molecule has 2 N–H and O–H groups in total. The van der Waals surface area contributed by atoms with Gasteiger partial charge in [0.25, 0.3) is 0 Å². The van der Waals surface area contributed by atoms with Gasteiger partial charge >= 0.3 is 5.97 Å². The van der Waals surface area contributed by atoms with Crippen LogP contribution in [0.2, 0.25) is 0 Å². The Hall–Kier alpha value is -1.14. The summed E-state index contributed by atoms with van der Waals surface area (Å²) in [6.45, 7) is 3.47. The molecule has 0 unspecified atom stereocenters. The van der Waals surface area contributed by atoms with Gasteiger partial charge in [0.05, 0.1) is 11.8 Å². The Morgan fingerprint density at radius 3 is 2.25 bits per heavy atom. The van der Waals surface area contributed by atoms with Crippen LogP contribution in [0.1, 0.15) is 19.3 Å². The molecular weight excluding hydrogens is 258 g/mol. The predicted molar refractivity (Wildman–Crippen MR) is 72.7 cm³/mol. The first-order valence-corrected chi connectivity index (χ1v) is 7.53. The first-order chi connectivity index (χ1) is 9.56. The van der Waals surface area contributed by atoms with E-state index in [0.29, 0.717) is 0 Å². The van der Waals surface area contributed by atoms with E-state index in [2.05, 4.69) is 17.4 Å². The number of fused-ring (bicyclic) bond motifs is 2. The van der Waals surface area contributed by atoms with E-state index in [1.807, 2.05) is 5.01 Å². The Bertz CT molecular complexity index is 406. The van der Waals surface area contributed by atoms with Crippen molar-refractivity contribution in [2.75, 3.05) is 33.2 Å². The van der Waals surface area contributed by atoms with Crippen LogP contribution in [-0.2, 0) is 9.59 Å². The average Bonchev–Trinajstić information content (AvgIpc) is 3.01. The molecule has 6 heteroatoms. The fourth-order valence-corrected chi connectivity index (χ4v) is 4.17. The van der Waals surface area contributed by atoms with Gasteiger partial charge in [-0.05, 0) is 38.1 Å². The van der Waals surface area contributed by atoms with E-state index >= 15 is 0 Å². The van der Waals surface area contributed by atoms with Crippen molar-refractivity contribution in [3.05, 3.63) is 0 Å². The molecule has 6 nitrogen and oxygen atoms in total. The van der Waals surface area contributed by atoms with Crippen LogP contribution in [0.5, 0.6) is 0 Å². The van der Waals surface area contributed by atoms with E-state index < -0.39 is 11.9 Å². The fourth-order valence-electron chi connectivity index (χ4n) is 4.17. The number of hydrogen-bond acceptors (Lipinski definition) is 4. The number of hydrogen-bond donors (Lipinski definition) is 2. The van der Waals surface area contributed by atoms with Crippen LogP contribution in [-0.4, -0.2) is 60.1 Å². The monoisotopic (exact) mass is 281 g/mol. The molecule has 0 aromatic heterocycles. The van der Waals surface area contributed by atoms with Crippen molar-refractivity contribution in [2.24, 2.45) is 23.7 Å². The lowest BCUT2D eigenvalue weighted by Crippen LogP contribution is -2.55. The molecule has 0 radical (unpaired) electrons. The van der Waals surface area contributed by atoms with Crippen molar-refractivity contribution in [1.29, 1.82) is 0 Å². The summed E-state index contributed by atoms with van der Waals surface area (Å²) in [5, 5.41) is 11.3. The first-order valence-electron chi connectivity index (χ1n) is 7.53. The Balaban J connectivity index is 1.63. The van der Waals surface area contributed by atoms with Crippen LogP contribution >= 0.6 is 0 Å². The van der Waals surface area contributed by atoms with Gasteiger partial charge < -0.3 is 10.0 Å². The van der Waals surface area contributed by atoms with Crippen LogP contribution in [0, 0.1) is 23.7 Å². The molecule has 112 valence electrons. The van der Waals surface area contributed by atoms with E-state index in [0.717, 1.165) is 45.4 Å². The lowest BCUT2D eigenvalue weighted by molar-refractivity contribution is -0.151. The minimum absolute atomic E-state index is 0.0749. The summed E-state index contributed by atoms with van der Waals surface area (Å²) in [7, 11) is 2.07. The lowest BCUT2D eigenvalue weighted by atomic mass is 9.79. The molecule has 4 atom stereocenters. The van der Waals surface area contributed by atoms with Crippen LogP contribution in [0.4, 0.5) is 0 Å². The van der Waals surface area contributed by atoms with E-state index in [1.54, 1.807) is 0 Å². The maximum absolute atomic E-state index is 12.5. The third kappa shape index (κ3) is 2.42. The van der Waals surface area contributed by atoms with Gasteiger partial charge in [-0.1, -0.05) is 0 Å². The van der Waals surface area contributed by atoms with E-state index in [4.69, 9.17) is 0 Å². The van der Waals surface area contributed by atoms with Gasteiger partial charge in [0.1, 0.15) is 0 Å². The smallest absolute Gasteiger partial charge is 0.307 e. The highest BCUT2D eigenvalue weighted by molar-refractivity contribution is 5.85. The molecule has 1 amide bonds. The summed E-state index contributed by atoms with van der Waals surface area (Å²) in [4.78, 5) is 26.1. The summed E-state index contributed by atoms with van der Waals surface area (Å²) in [5.74, 6) is -1.19. The Morgan fingerprint density at radius 2 is 1.65 bits per heavy atom. The van der Waals surface area contributed by atoms with Crippen molar-refractivity contribution in [2.45, 2.75) is 19.3 Å². The minimum Gasteiger partial charge on any atom is -0.481 e. The number of piperazine rings is 1. The number of carboxylic acids is 1. The summed E-state index contributed by atoms with van der Waals surface area (Å²) < 4.78 is 0. The van der Waals surface area contributed by atoms with Gasteiger partial charge in [-0.3, -0.25) is 15.0 Å². The lowest BCUT2D eigenvalue weighted by Gasteiger charge is -2.35. The molecule has 3 fully saturated rings. The second-order valence-electron chi connectivity index (χ2n) is 6.49. The van der Waals surface area contributed by atoms with Crippen molar-refractivity contribution < 1.29 is 14.7 Å². The van der Waals surface area contributed by atoms with Gasteiger partial charge in [-0.15, -0.1) is 0 Å². The average molecular weight is 281 g/mol. The number of rotatable bonds is 3. The van der Waals surface area contributed by atoms with E-state index in [-0.39, 0.29) is 23.7 Å². The molecule has 20 heavy (non-hydrogen) atoms. The number of likely N-dealkylation sites (N-methyl/N-ethyl adjacent to an activating group) is 1. The zero-order valence-electron chi connectivity index (χ0n) is 11.9. The van der Waals surface area contributed by atoms with Gasteiger partial charge in [0.15, 0.2) is 0 Å². The largest absolute Gasteiger partial charge is 0.481 e. The number of amides is 1. The quantitative estimate of drug-likeness (QED) is 0.762. The second-order valence-corrected chi connectivity index (χ2v) is 6.49. The molecular formula is C14H23N3O3. The molecule has 0 aromatic carbocycles. The number of hydrazine groups is 1. The maximum atomic E-state index is 12.5. The van der Waals surface area contributed by atoms with Crippen molar-refractivity contribution in [1.82, 2.24) is 15.3 Å². The third-order valence-corrected chi connectivity index (χ3v) is 5.28. The summed E-state index contributed by atoms with van der Waals surface area (Å²) in [5.41, 5.74) is 2.96. The maximum Gasteiger partial charge on any atom is 0.307 e. The van der Waals surface area contributed by atoms with Gasteiger partial charge in [-0.2, -0.15) is 0 Å². The molecule has 1 heterocycles. The van der Waals surface area contributed by atoms with Gasteiger partial charge in [0, 0.05) is 26.2 Å². The van der Waals surface area contributed by atoms with Crippen molar-refractivity contribution in [3.63, 3.8) is 0 Å². The Morgan fingerprint density at radius 1 is 1.05 bits per heavy atom. The molecule has 0 aromatic rings. The highest BCUT2D eigenvalue weighted by atomic mass is 16.4. The Labute approximate surface area is 119 Å². The normalized spacial score (nSPS) is 38.0. The number of nitrogens with one attached hydrogen (secondary N) is 1. The molecule has 3 rings (SSSR count). The van der Waals surface area contributed by atoms with Crippen molar-refractivity contribution >= 4 is 11.9 Å². The second kappa shape index (κ2) is 5.33.